The molecule has 0 aromatic heterocycles. The number of nitrogens with zero attached hydrogens (tertiary/aromatic N) is 3. The number of azide groups is 1. The van der Waals surface area contributed by atoms with E-state index in [1.807, 2.05) is 0 Å². The third-order valence-electron chi connectivity index (χ3n) is 2.46. The molecule has 0 spiro atoms. The van der Waals surface area contributed by atoms with E-state index >= 15 is 0 Å². The molecule has 0 bridgehead atoms. The maximum atomic E-state index is 11.6. The van der Waals surface area contributed by atoms with Gasteiger partial charge in [0.2, 0.25) is 0 Å². The summed E-state index contributed by atoms with van der Waals surface area (Å²) in [5, 5.41) is 13.4. The van der Waals surface area contributed by atoms with E-state index in [0.717, 1.165) is 0 Å². The summed E-state index contributed by atoms with van der Waals surface area (Å²) >= 11 is 0. The number of hydrogen-bond donors (Lipinski definition) is 1. The number of methoxy groups -OCH3 is 1. The van der Waals surface area contributed by atoms with E-state index in [2.05, 4.69) is 10.0 Å². The molecule has 2 unspecified atom stereocenters. The number of hydrogen-bond acceptors (Lipinski definition) is 5. The Morgan fingerprint density at radius 3 is 2.58 bits per heavy atom. The fraction of sp³-hybridized carbons (Fsp3) is 0.417. The van der Waals surface area contributed by atoms with E-state index in [9.17, 15) is 9.90 Å². The zero-order valence-electron chi connectivity index (χ0n) is 10.7. The number of ether oxygens (including phenoxy) is 2. The van der Waals surface area contributed by atoms with Gasteiger partial charge in [0.1, 0.15) is 5.75 Å². The first-order chi connectivity index (χ1) is 9.13. The van der Waals surface area contributed by atoms with Crippen LogP contribution in [0.3, 0.4) is 0 Å². The lowest BCUT2D eigenvalue weighted by Gasteiger charge is -2.17. The smallest absolute Gasteiger partial charge is 0.317 e. The van der Waals surface area contributed by atoms with Crippen molar-refractivity contribution in [2.75, 3.05) is 13.7 Å². The van der Waals surface area contributed by atoms with Crippen molar-refractivity contribution < 1.29 is 19.4 Å². The van der Waals surface area contributed by atoms with Gasteiger partial charge >= 0.3 is 5.97 Å². The van der Waals surface area contributed by atoms with Gasteiger partial charge in [0.25, 0.3) is 0 Å². The average Bonchev–Trinajstić information content (AvgIpc) is 2.44. The van der Waals surface area contributed by atoms with Crippen LogP contribution in [0.5, 0.6) is 5.75 Å². The summed E-state index contributed by atoms with van der Waals surface area (Å²) in [6.07, 6.45) is -1.26. The number of aliphatic hydroxyl groups excluding tert-OH is 1. The Kier molecular flexibility index (Phi) is 5.66. The van der Waals surface area contributed by atoms with Crippen LogP contribution in [-0.2, 0) is 9.53 Å². The van der Waals surface area contributed by atoms with E-state index in [4.69, 9.17) is 15.0 Å². The molecule has 7 nitrogen and oxygen atoms in total. The molecule has 2 atom stereocenters. The molecule has 0 fully saturated rings. The van der Waals surface area contributed by atoms with Crippen molar-refractivity contribution in [1.29, 1.82) is 0 Å². The van der Waals surface area contributed by atoms with E-state index in [-0.39, 0.29) is 6.61 Å². The van der Waals surface area contributed by atoms with Crippen molar-refractivity contribution in [3.8, 4) is 5.75 Å². The molecule has 0 saturated heterocycles. The summed E-state index contributed by atoms with van der Waals surface area (Å²) in [7, 11) is 1.52. The lowest BCUT2D eigenvalue weighted by molar-refractivity contribution is -0.147. The van der Waals surface area contributed by atoms with Crippen molar-refractivity contribution in [3.05, 3.63) is 40.3 Å². The summed E-state index contributed by atoms with van der Waals surface area (Å²) in [6, 6.07) is 5.14. The first-order valence-electron chi connectivity index (χ1n) is 5.66. The largest absolute Gasteiger partial charge is 0.497 e. The highest BCUT2D eigenvalue weighted by Gasteiger charge is 2.28. The molecule has 1 rings (SSSR count). The second-order valence-electron chi connectivity index (χ2n) is 3.62. The van der Waals surface area contributed by atoms with Crippen molar-refractivity contribution in [2.24, 2.45) is 5.11 Å². The summed E-state index contributed by atoms with van der Waals surface area (Å²) in [6.45, 7) is 1.77. The Morgan fingerprint density at radius 1 is 1.47 bits per heavy atom. The highest BCUT2D eigenvalue weighted by Crippen LogP contribution is 2.23. The monoisotopic (exact) mass is 265 g/mol. The maximum absolute atomic E-state index is 11.6. The Labute approximate surface area is 110 Å². The lowest BCUT2D eigenvalue weighted by atomic mass is 10.0. The van der Waals surface area contributed by atoms with E-state index in [0.29, 0.717) is 11.3 Å². The van der Waals surface area contributed by atoms with E-state index in [1.165, 1.54) is 7.11 Å². The predicted molar refractivity (Wildman–Crippen MR) is 67.5 cm³/mol. The van der Waals surface area contributed by atoms with Crippen LogP contribution in [-0.4, -0.2) is 30.8 Å². The lowest BCUT2D eigenvalue weighted by Crippen LogP contribution is -2.28. The maximum Gasteiger partial charge on any atom is 0.317 e. The first kappa shape index (κ1) is 14.8. The topological polar surface area (TPSA) is 105 Å². The summed E-state index contributed by atoms with van der Waals surface area (Å²) < 4.78 is 9.74. The minimum absolute atomic E-state index is 0.144. The summed E-state index contributed by atoms with van der Waals surface area (Å²) in [4.78, 5) is 14.2. The molecule has 0 heterocycles. The van der Waals surface area contributed by atoms with Crippen LogP contribution in [0.2, 0.25) is 0 Å². The predicted octanol–water partition coefficient (Wildman–Crippen LogP) is 1.97. The molecule has 1 aromatic rings. The molecule has 0 radical (unpaired) electrons. The van der Waals surface area contributed by atoms with Crippen LogP contribution in [0.1, 0.15) is 18.6 Å². The van der Waals surface area contributed by atoms with Crippen LogP contribution in [0.25, 0.3) is 10.4 Å². The van der Waals surface area contributed by atoms with Gasteiger partial charge in [0.05, 0.1) is 19.8 Å². The van der Waals surface area contributed by atoms with Gasteiger partial charge < -0.3 is 14.6 Å². The quantitative estimate of drug-likeness (QED) is 0.367. The Bertz CT molecular complexity index is 468. The number of rotatable bonds is 6. The number of benzene rings is 1. The number of esters is 1. The van der Waals surface area contributed by atoms with Crippen LogP contribution in [0.4, 0.5) is 0 Å². The molecule has 0 amide bonds. The molecule has 0 aliphatic rings. The first-order valence-corrected chi connectivity index (χ1v) is 5.66. The zero-order chi connectivity index (χ0) is 14.3. The second-order valence-corrected chi connectivity index (χ2v) is 3.62. The highest BCUT2D eigenvalue weighted by atomic mass is 16.5. The van der Waals surface area contributed by atoms with Crippen molar-refractivity contribution in [1.82, 2.24) is 0 Å². The molecule has 0 aliphatic heterocycles. The van der Waals surface area contributed by atoms with Crippen LogP contribution < -0.4 is 4.74 Å². The van der Waals surface area contributed by atoms with Gasteiger partial charge in [-0.2, -0.15) is 0 Å². The second kappa shape index (κ2) is 7.25. The van der Waals surface area contributed by atoms with Gasteiger partial charge in [-0.05, 0) is 30.2 Å². The molecule has 1 aromatic carbocycles. The summed E-state index contributed by atoms with van der Waals surface area (Å²) in [5.74, 6) is -0.143. The highest BCUT2D eigenvalue weighted by molar-refractivity contribution is 5.77. The van der Waals surface area contributed by atoms with Crippen LogP contribution in [0, 0.1) is 0 Å². The molecular formula is C12H15N3O4. The zero-order valence-corrected chi connectivity index (χ0v) is 10.7. The third kappa shape index (κ3) is 3.87. The van der Waals surface area contributed by atoms with E-state index < -0.39 is 18.1 Å². The summed E-state index contributed by atoms with van der Waals surface area (Å²) in [5.41, 5.74) is 8.89. The van der Waals surface area contributed by atoms with Gasteiger partial charge in [0.15, 0.2) is 6.04 Å². The SMILES string of the molecule is CCOC(=O)C(N=[N+]=[N-])C(O)c1ccc(OC)cc1. The fourth-order valence-corrected chi connectivity index (χ4v) is 1.51. The number of carbonyl (C=O) groups is 1. The molecule has 0 aliphatic carbocycles. The molecule has 1 N–H and O–H groups in total. The van der Waals surface area contributed by atoms with Gasteiger partial charge in [-0.3, -0.25) is 4.79 Å². The molecule has 102 valence electrons. The van der Waals surface area contributed by atoms with Crippen molar-refractivity contribution >= 4 is 5.97 Å². The minimum atomic E-state index is -1.31. The Balaban J connectivity index is 2.94. The minimum Gasteiger partial charge on any atom is -0.497 e. The number of carbonyl (C=O) groups excluding carboxylic acids is 1. The molecular weight excluding hydrogens is 250 g/mol. The molecule has 7 heteroatoms. The molecule has 19 heavy (non-hydrogen) atoms. The van der Waals surface area contributed by atoms with Gasteiger partial charge in [0, 0.05) is 4.91 Å². The Hall–Kier alpha value is -2.24. The van der Waals surface area contributed by atoms with Gasteiger partial charge in [-0.1, -0.05) is 17.2 Å². The van der Waals surface area contributed by atoms with E-state index in [1.54, 1.807) is 31.2 Å². The van der Waals surface area contributed by atoms with Crippen LogP contribution in [0.15, 0.2) is 29.4 Å². The average molecular weight is 265 g/mol. The number of aliphatic hydroxyl groups is 1. The van der Waals surface area contributed by atoms with Crippen molar-refractivity contribution in [2.45, 2.75) is 19.1 Å². The van der Waals surface area contributed by atoms with Gasteiger partial charge in [-0.25, -0.2) is 0 Å². The van der Waals surface area contributed by atoms with Crippen molar-refractivity contribution in [3.63, 3.8) is 0 Å². The Morgan fingerprint density at radius 2 is 2.11 bits per heavy atom. The molecule has 0 saturated carbocycles. The fourth-order valence-electron chi connectivity index (χ4n) is 1.51. The standard InChI is InChI=1S/C12H15N3O4/c1-3-19-12(17)10(14-15-13)11(16)8-4-6-9(18-2)7-5-8/h4-7,10-11,16H,3H2,1-2H3. The normalized spacial score (nSPS) is 13.0. The third-order valence-corrected chi connectivity index (χ3v) is 2.46. The van der Waals surface area contributed by atoms with Crippen LogP contribution >= 0.6 is 0 Å². The van der Waals surface area contributed by atoms with Gasteiger partial charge in [-0.15, -0.1) is 0 Å².